The van der Waals surface area contributed by atoms with E-state index >= 15 is 0 Å². The Kier molecular flexibility index (Phi) is 7.60. The molecule has 0 aliphatic rings. The Bertz CT molecular complexity index is 223. The predicted octanol–water partition coefficient (Wildman–Crippen LogP) is 2.47. The fourth-order valence-electron chi connectivity index (χ4n) is 1.51. The number of esters is 1. The Balaban J connectivity index is 3.74. The van der Waals surface area contributed by atoms with Crippen molar-refractivity contribution in [2.24, 2.45) is 11.8 Å². The molecule has 0 radical (unpaired) electrons. The lowest BCUT2D eigenvalue weighted by Crippen LogP contribution is -2.16. The SMILES string of the molecule is CCC(COC(=O)CCC(=O)O)CC(C)C. The molecule has 16 heavy (non-hydrogen) atoms. The second kappa shape index (κ2) is 8.13. The van der Waals surface area contributed by atoms with Crippen LogP contribution in [-0.2, 0) is 14.3 Å². The standard InChI is InChI=1S/C12H22O4/c1-4-10(7-9(2)3)8-16-12(15)6-5-11(13)14/h9-10H,4-8H2,1-3H3,(H,13,14). The van der Waals surface area contributed by atoms with Crippen LogP contribution in [0.2, 0.25) is 0 Å². The van der Waals surface area contributed by atoms with Crippen LogP contribution in [0.25, 0.3) is 0 Å². The fourth-order valence-corrected chi connectivity index (χ4v) is 1.51. The highest BCUT2D eigenvalue weighted by atomic mass is 16.5. The van der Waals surface area contributed by atoms with E-state index < -0.39 is 11.9 Å². The number of aliphatic carboxylic acids is 1. The third-order valence-electron chi connectivity index (χ3n) is 2.41. The Morgan fingerprint density at radius 1 is 1.25 bits per heavy atom. The summed E-state index contributed by atoms with van der Waals surface area (Å²) in [6.45, 7) is 6.75. The average Bonchev–Trinajstić information content (AvgIpc) is 2.20. The van der Waals surface area contributed by atoms with Crippen molar-refractivity contribution in [3.8, 4) is 0 Å². The summed E-state index contributed by atoms with van der Waals surface area (Å²) in [7, 11) is 0. The van der Waals surface area contributed by atoms with Gasteiger partial charge in [-0.05, 0) is 18.3 Å². The molecule has 0 saturated carbocycles. The van der Waals surface area contributed by atoms with Crippen molar-refractivity contribution in [1.29, 1.82) is 0 Å². The van der Waals surface area contributed by atoms with E-state index in [9.17, 15) is 9.59 Å². The van der Waals surface area contributed by atoms with Gasteiger partial charge in [0.2, 0.25) is 0 Å². The molecule has 0 fully saturated rings. The van der Waals surface area contributed by atoms with Gasteiger partial charge in [0.25, 0.3) is 0 Å². The maximum atomic E-state index is 11.2. The molecule has 0 bridgehead atoms. The predicted molar refractivity (Wildman–Crippen MR) is 61.1 cm³/mol. The molecule has 0 aliphatic heterocycles. The molecule has 0 saturated heterocycles. The highest BCUT2D eigenvalue weighted by molar-refractivity contribution is 5.76. The minimum absolute atomic E-state index is 0.0343. The van der Waals surface area contributed by atoms with Crippen LogP contribution in [0.4, 0.5) is 0 Å². The first kappa shape index (κ1) is 14.9. The summed E-state index contributed by atoms with van der Waals surface area (Å²) < 4.78 is 5.04. The topological polar surface area (TPSA) is 63.6 Å². The van der Waals surface area contributed by atoms with E-state index in [-0.39, 0.29) is 12.8 Å². The summed E-state index contributed by atoms with van der Waals surface area (Å²) in [6.07, 6.45) is 1.82. The van der Waals surface area contributed by atoms with Gasteiger partial charge in [0.1, 0.15) is 0 Å². The number of carbonyl (C=O) groups excluding carboxylic acids is 1. The van der Waals surface area contributed by atoms with Gasteiger partial charge in [0.15, 0.2) is 0 Å². The summed E-state index contributed by atoms with van der Waals surface area (Å²) in [5.41, 5.74) is 0. The monoisotopic (exact) mass is 230 g/mol. The first-order chi connectivity index (χ1) is 7.45. The minimum Gasteiger partial charge on any atom is -0.481 e. The largest absolute Gasteiger partial charge is 0.481 e. The van der Waals surface area contributed by atoms with Crippen LogP contribution in [0.1, 0.15) is 46.5 Å². The number of ether oxygens (including phenoxy) is 1. The molecule has 0 aliphatic carbocycles. The summed E-state index contributed by atoms with van der Waals surface area (Å²) in [5, 5.41) is 8.40. The molecule has 0 aromatic rings. The average molecular weight is 230 g/mol. The molecule has 0 rings (SSSR count). The van der Waals surface area contributed by atoms with Crippen molar-refractivity contribution in [3.05, 3.63) is 0 Å². The normalized spacial score (nSPS) is 12.5. The summed E-state index contributed by atoms with van der Waals surface area (Å²) in [6, 6.07) is 0. The Hall–Kier alpha value is -1.06. The van der Waals surface area contributed by atoms with Gasteiger partial charge >= 0.3 is 11.9 Å². The van der Waals surface area contributed by atoms with Gasteiger partial charge in [-0.15, -0.1) is 0 Å². The molecule has 1 N–H and O–H groups in total. The molecule has 0 amide bonds. The number of rotatable bonds is 8. The zero-order valence-electron chi connectivity index (χ0n) is 10.4. The molecule has 94 valence electrons. The van der Waals surface area contributed by atoms with Crippen LogP contribution in [0.3, 0.4) is 0 Å². The lowest BCUT2D eigenvalue weighted by Gasteiger charge is -2.16. The number of carboxylic acid groups (broad SMARTS) is 1. The van der Waals surface area contributed by atoms with Crippen molar-refractivity contribution in [2.45, 2.75) is 46.5 Å². The molecule has 4 nitrogen and oxygen atoms in total. The van der Waals surface area contributed by atoms with Crippen LogP contribution in [0.5, 0.6) is 0 Å². The molecule has 0 aromatic carbocycles. The van der Waals surface area contributed by atoms with E-state index in [2.05, 4.69) is 20.8 Å². The Morgan fingerprint density at radius 3 is 2.31 bits per heavy atom. The molecule has 0 heterocycles. The highest BCUT2D eigenvalue weighted by Gasteiger charge is 2.12. The minimum atomic E-state index is -0.967. The van der Waals surface area contributed by atoms with E-state index in [1.54, 1.807) is 0 Å². The third kappa shape index (κ3) is 8.26. The third-order valence-corrected chi connectivity index (χ3v) is 2.41. The summed E-state index contributed by atoms with van der Waals surface area (Å²) in [5.74, 6) is -0.410. The van der Waals surface area contributed by atoms with E-state index in [4.69, 9.17) is 9.84 Å². The number of carbonyl (C=O) groups is 2. The van der Waals surface area contributed by atoms with E-state index in [1.165, 1.54) is 0 Å². The number of hydrogen-bond acceptors (Lipinski definition) is 3. The number of hydrogen-bond donors (Lipinski definition) is 1. The fraction of sp³-hybridized carbons (Fsp3) is 0.833. The van der Waals surface area contributed by atoms with Crippen molar-refractivity contribution in [2.75, 3.05) is 6.61 Å². The van der Waals surface area contributed by atoms with Crippen molar-refractivity contribution in [1.82, 2.24) is 0 Å². The van der Waals surface area contributed by atoms with Gasteiger partial charge < -0.3 is 9.84 Å². The lowest BCUT2D eigenvalue weighted by molar-refractivity contribution is -0.148. The molecular formula is C12H22O4. The zero-order valence-corrected chi connectivity index (χ0v) is 10.4. The van der Waals surface area contributed by atoms with Gasteiger partial charge in [-0.1, -0.05) is 27.2 Å². The van der Waals surface area contributed by atoms with E-state index in [0.717, 1.165) is 12.8 Å². The Morgan fingerprint density at radius 2 is 1.88 bits per heavy atom. The van der Waals surface area contributed by atoms with Crippen molar-refractivity contribution < 1.29 is 19.4 Å². The van der Waals surface area contributed by atoms with Gasteiger partial charge in [-0.25, -0.2) is 0 Å². The smallest absolute Gasteiger partial charge is 0.306 e. The van der Waals surface area contributed by atoms with Gasteiger partial charge in [0.05, 0.1) is 19.4 Å². The maximum absolute atomic E-state index is 11.2. The Labute approximate surface area is 97.0 Å². The van der Waals surface area contributed by atoms with Gasteiger partial charge in [-0.3, -0.25) is 9.59 Å². The van der Waals surface area contributed by atoms with Crippen LogP contribution >= 0.6 is 0 Å². The molecule has 1 unspecified atom stereocenters. The molecule has 4 heteroatoms. The molecule has 1 atom stereocenters. The van der Waals surface area contributed by atoms with Gasteiger partial charge in [0, 0.05) is 0 Å². The van der Waals surface area contributed by atoms with Crippen LogP contribution in [0, 0.1) is 11.8 Å². The first-order valence-electron chi connectivity index (χ1n) is 5.83. The molecule has 0 spiro atoms. The second-order valence-electron chi connectivity index (χ2n) is 4.48. The molecule has 0 aromatic heterocycles. The lowest BCUT2D eigenvalue weighted by atomic mass is 9.96. The quantitative estimate of drug-likeness (QED) is 0.650. The van der Waals surface area contributed by atoms with Crippen molar-refractivity contribution >= 4 is 11.9 Å². The zero-order chi connectivity index (χ0) is 12.6. The summed E-state index contributed by atoms with van der Waals surface area (Å²) >= 11 is 0. The van der Waals surface area contributed by atoms with Crippen LogP contribution < -0.4 is 0 Å². The van der Waals surface area contributed by atoms with Crippen molar-refractivity contribution in [3.63, 3.8) is 0 Å². The molecular weight excluding hydrogens is 208 g/mol. The second-order valence-corrected chi connectivity index (χ2v) is 4.48. The first-order valence-corrected chi connectivity index (χ1v) is 5.83. The van der Waals surface area contributed by atoms with E-state index in [1.807, 2.05) is 0 Å². The van der Waals surface area contributed by atoms with Crippen LogP contribution in [0.15, 0.2) is 0 Å². The maximum Gasteiger partial charge on any atom is 0.306 e. The summed E-state index contributed by atoms with van der Waals surface area (Å²) in [4.78, 5) is 21.4. The van der Waals surface area contributed by atoms with Gasteiger partial charge in [-0.2, -0.15) is 0 Å². The van der Waals surface area contributed by atoms with E-state index in [0.29, 0.717) is 18.4 Å². The number of carboxylic acids is 1. The van der Waals surface area contributed by atoms with Crippen LogP contribution in [-0.4, -0.2) is 23.7 Å². The highest BCUT2D eigenvalue weighted by Crippen LogP contribution is 2.15.